The Kier molecular flexibility index (Phi) is 5.64. The molecule has 0 N–H and O–H groups in total. The van der Waals surface area contributed by atoms with Crippen LogP contribution in [-0.2, 0) is 22.5 Å². The highest BCUT2D eigenvalue weighted by Gasteiger charge is 2.33. The van der Waals surface area contributed by atoms with E-state index in [0.717, 1.165) is 58.9 Å². The van der Waals surface area contributed by atoms with Crippen molar-refractivity contribution in [2.45, 2.75) is 32.7 Å². The molecule has 4 heterocycles. The molecule has 2 saturated heterocycles. The van der Waals surface area contributed by atoms with Gasteiger partial charge in [-0.05, 0) is 54.8 Å². The highest BCUT2D eigenvalue weighted by molar-refractivity contribution is 7.10. The van der Waals surface area contributed by atoms with E-state index < -0.39 is 0 Å². The van der Waals surface area contributed by atoms with Gasteiger partial charge in [-0.3, -0.25) is 14.6 Å². The van der Waals surface area contributed by atoms with Crippen molar-refractivity contribution in [3.05, 3.63) is 21.9 Å². The zero-order valence-corrected chi connectivity index (χ0v) is 16.7. The van der Waals surface area contributed by atoms with E-state index in [2.05, 4.69) is 33.1 Å². The summed E-state index contributed by atoms with van der Waals surface area (Å²) in [7, 11) is 0. The highest BCUT2D eigenvalue weighted by Crippen LogP contribution is 2.32. The van der Waals surface area contributed by atoms with Crippen molar-refractivity contribution in [1.82, 2.24) is 14.7 Å². The Labute approximate surface area is 160 Å². The molecule has 4 rings (SSSR count). The predicted octanol–water partition coefficient (Wildman–Crippen LogP) is 2.07. The second-order valence-electron chi connectivity index (χ2n) is 8.41. The van der Waals surface area contributed by atoms with Gasteiger partial charge >= 0.3 is 0 Å². The Morgan fingerprint density at radius 2 is 1.92 bits per heavy atom. The monoisotopic (exact) mass is 377 g/mol. The smallest absolute Gasteiger partial charge is 0.237 e. The van der Waals surface area contributed by atoms with Gasteiger partial charge in [0, 0.05) is 37.6 Å². The van der Waals surface area contributed by atoms with Crippen LogP contribution >= 0.6 is 11.3 Å². The molecule has 144 valence electrons. The number of piperidine rings is 1. The minimum atomic E-state index is 0.304. The zero-order valence-electron chi connectivity index (χ0n) is 15.9. The summed E-state index contributed by atoms with van der Waals surface area (Å²) < 4.78 is 5.47. The van der Waals surface area contributed by atoms with Gasteiger partial charge in [-0.25, -0.2) is 0 Å². The molecule has 0 aliphatic carbocycles. The molecule has 0 bridgehead atoms. The summed E-state index contributed by atoms with van der Waals surface area (Å²) in [6.07, 6.45) is 3.40. The lowest BCUT2D eigenvalue weighted by Crippen LogP contribution is -2.50. The summed E-state index contributed by atoms with van der Waals surface area (Å²) >= 11 is 1.83. The van der Waals surface area contributed by atoms with E-state index in [1.807, 2.05) is 11.3 Å². The van der Waals surface area contributed by atoms with E-state index >= 15 is 0 Å². The lowest BCUT2D eigenvalue weighted by atomic mass is 9.79. The first-order valence-electron chi connectivity index (χ1n) is 9.97. The molecule has 0 saturated carbocycles. The van der Waals surface area contributed by atoms with E-state index in [0.29, 0.717) is 17.9 Å². The molecule has 2 fully saturated rings. The first kappa shape index (κ1) is 18.4. The molecular weight excluding hydrogens is 346 g/mol. The third kappa shape index (κ3) is 4.30. The first-order valence-corrected chi connectivity index (χ1v) is 10.8. The minimum absolute atomic E-state index is 0.304. The van der Waals surface area contributed by atoms with Crippen LogP contribution in [0.3, 0.4) is 0 Å². The lowest BCUT2D eigenvalue weighted by Gasteiger charge is -2.43. The van der Waals surface area contributed by atoms with Crippen LogP contribution in [0.5, 0.6) is 0 Å². The number of likely N-dealkylation sites (tertiary alicyclic amines) is 1. The summed E-state index contributed by atoms with van der Waals surface area (Å²) in [5, 5.41) is 2.15. The van der Waals surface area contributed by atoms with Crippen molar-refractivity contribution in [3.8, 4) is 0 Å². The summed E-state index contributed by atoms with van der Waals surface area (Å²) in [6.45, 7) is 11.8. The molecule has 3 aliphatic heterocycles. The van der Waals surface area contributed by atoms with Gasteiger partial charge in [0.2, 0.25) is 5.91 Å². The Morgan fingerprint density at radius 1 is 1.15 bits per heavy atom. The number of carbonyl (C=O) groups excluding carboxylic acids is 1. The molecular formula is C20H31N3O2S. The van der Waals surface area contributed by atoms with Crippen molar-refractivity contribution < 1.29 is 9.53 Å². The van der Waals surface area contributed by atoms with Crippen molar-refractivity contribution in [2.24, 2.45) is 5.41 Å². The molecule has 5 nitrogen and oxygen atoms in total. The number of carbonyl (C=O) groups is 1. The minimum Gasteiger partial charge on any atom is -0.379 e. The van der Waals surface area contributed by atoms with Gasteiger partial charge in [-0.1, -0.05) is 6.92 Å². The van der Waals surface area contributed by atoms with Crippen molar-refractivity contribution in [1.29, 1.82) is 0 Å². The van der Waals surface area contributed by atoms with E-state index in [4.69, 9.17) is 4.74 Å². The van der Waals surface area contributed by atoms with Gasteiger partial charge in [0.1, 0.15) is 0 Å². The fourth-order valence-electron chi connectivity index (χ4n) is 4.46. The number of fused-ring (bicyclic) bond motifs is 1. The molecule has 3 aliphatic rings. The Bertz CT molecular complexity index is 618. The molecule has 1 aromatic rings. The van der Waals surface area contributed by atoms with Crippen molar-refractivity contribution >= 4 is 17.2 Å². The van der Waals surface area contributed by atoms with E-state index in [9.17, 15) is 4.79 Å². The average Bonchev–Trinajstić information content (AvgIpc) is 3.12. The number of nitrogens with zero attached hydrogens (tertiary/aromatic N) is 3. The van der Waals surface area contributed by atoms with Crippen molar-refractivity contribution in [2.75, 3.05) is 59.0 Å². The maximum Gasteiger partial charge on any atom is 0.237 e. The molecule has 0 radical (unpaired) electrons. The quantitative estimate of drug-likeness (QED) is 0.805. The third-order valence-corrected chi connectivity index (χ3v) is 7.31. The third-order valence-electron chi connectivity index (χ3n) is 6.29. The molecule has 0 spiro atoms. The van der Waals surface area contributed by atoms with Crippen LogP contribution in [0.15, 0.2) is 11.4 Å². The summed E-state index contributed by atoms with van der Waals surface area (Å²) in [4.78, 5) is 21.2. The van der Waals surface area contributed by atoms with Crippen LogP contribution in [0.2, 0.25) is 0 Å². The molecule has 1 amide bonds. The molecule has 0 unspecified atom stereocenters. The molecule has 26 heavy (non-hydrogen) atoms. The maximum absolute atomic E-state index is 12.7. The molecule has 6 heteroatoms. The summed E-state index contributed by atoms with van der Waals surface area (Å²) in [6, 6.07) is 2.18. The first-order chi connectivity index (χ1) is 12.6. The van der Waals surface area contributed by atoms with Crippen LogP contribution in [-0.4, -0.2) is 79.6 Å². The standard InChI is InChI=1S/C20H31N3O2S/c1-20(16-22-9-11-25-12-10-22)4-7-21(8-5-20)15-19(24)23-6-2-18-17(14-23)3-13-26-18/h3,13H,2,4-12,14-16H2,1H3. The number of hydrogen-bond acceptors (Lipinski definition) is 5. The second kappa shape index (κ2) is 7.97. The fraction of sp³-hybridized carbons (Fsp3) is 0.750. The molecule has 0 atom stereocenters. The van der Waals surface area contributed by atoms with Crippen LogP contribution in [0.4, 0.5) is 0 Å². The normalized spacial score (nSPS) is 24.4. The van der Waals surface area contributed by atoms with Gasteiger partial charge < -0.3 is 9.64 Å². The number of hydrogen-bond donors (Lipinski definition) is 0. The molecule has 1 aromatic heterocycles. The van der Waals surface area contributed by atoms with Crippen LogP contribution < -0.4 is 0 Å². The van der Waals surface area contributed by atoms with Crippen LogP contribution in [0, 0.1) is 5.41 Å². The number of amides is 1. The zero-order chi connectivity index (χ0) is 18.0. The Morgan fingerprint density at radius 3 is 2.69 bits per heavy atom. The van der Waals surface area contributed by atoms with E-state index in [1.165, 1.54) is 29.8 Å². The maximum atomic E-state index is 12.7. The predicted molar refractivity (Wildman–Crippen MR) is 104 cm³/mol. The van der Waals surface area contributed by atoms with Crippen LogP contribution in [0.1, 0.15) is 30.2 Å². The summed E-state index contributed by atoms with van der Waals surface area (Å²) in [5.74, 6) is 0.304. The highest BCUT2D eigenvalue weighted by atomic mass is 32.1. The lowest BCUT2D eigenvalue weighted by molar-refractivity contribution is -0.134. The number of morpholine rings is 1. The van der Waals surface area contributed by atoms with Crippen molar-refractivity contribution in [3.63, 3.8) is 0 Å². The molecule has 0 aromatic carbocycles. The summed E-state index contributed by atoms with van der Waals surface area (Å²) in [5.41, 5.74) is 1.74. The van der Waals surface area contributed by atoms with Gasteiger partial charge in [-0.2, -0.15) is 0 Å². The number of thiophene rings is 1. The number of ether oxygens (including phenoxy) is 1. The Hall–Kier alpha value is -0.950. The number of rotatable bonds is 4. The van der Waals surface area contributed by atoms with Crippen LogP contribution in [0.25, 0.3) is 0 Å². The largest absolute Gasteiger partial charge is 0.379 e. The van der Waals surface area contributed by atoms with E-state index in [-0.39, 0.29) is 0 Å². The SMILES string of the molecule is CC1(CN2CCOCC2)CCN(CC(=O)N2CCc3sccc3C2)CC1. The van der Waals surface area contributed by atoms with Gasteiger partial charge in [0.25, 0.3) is 0 Å². The second-order valence-corrected chi connectivity index (χ2v) is 9.41. The topological polar surface area (TPSA) is 36.0 Å². The van der Waals surface area contributed by atoms with Gasteiger partial charge in [0.15, 0.2) is 0 Å². The fourth-order valence-corrected chi connectivity index (χ4v) is 5.35. The van der Waals surface area contributed by atoms with Gasteiger partial charge in [-0.15, -0.1) is 11.3 Å². The van der Waals surface area contributed by atoms with E-state index in [1.54, 1.807) is 0 Å². The van der Waals surface area contributed by atoms with Gasteiger partial charge in [0.05, 0.1) is 19.8 Å². The Balaban J connectivity index is 1.24. The average molecular weight is 378 g/mol.